The van der Waals surface area contributed by atoms with Gasteiger partial charge in [0.05, 0.1) is 0 Å². The standard InChI is InChI=1S/C15H14N2O2/c1-11-7-9-13(10-8-11)15(19)17(16)14(18)12-5-3-2-4-6-12/h2-10H,16H2,1H3. The number of hydrazine groups is 1. The van der Waals surface area contributed by atoms with Crippen molar-refractivity contribution in [2.45, 2.75) is 6.92 Å². The minimum absolute atomic E-state index is 0.380. The van der Waals surface area contributed by atoms with E-state index in [-0.39, 0.29) is 0 Å². The predicted molar refractivity (Wildman–Crippen MR) is 72.3 cm³/mol. The summed E-state index contributed by atoms with van der Waals surface area (Å²) in [5, 5.41) is 0.639. The van der Waals surface area contributed by atoms with Gasteiger partial charge in [0.2, 0.25) is 0 Å². The summed E-state index contributed by atoms with van der Waals surface area (Å²) in [6.07, 6.45) is 0. The van der Waals surface area contributed by atoms with Crippen molar-refractivity contribution in [3.05, 3.63) is 71.3 Å². The lowest BCUT2D eigenvalue weighted by Gasteiger charge is -2.14. The Hall–Kier alpha value is -2.46. The molecular formula is C15H14N2O2. The van der Waals surface area contributed by atoms with Gasteiger partial charge in [-0.25, -0.2) is 10.9 Å². The van der Waals surface area contributed by atoms with Crippen molar-refractivity contribution in [2.75, 3.05) is 0 Å². The molecule has 0 saturated carbocycles. The minimum Gasteiger partial charge on any atom is -0.267 e. The smallest absolute Gasteiger partial charge is 0.267 e. The van der Waals surface area contributed by atoms with Gasteiger partial charge in [0.1, 0.15) is 0 Å². The maximum Gasteiger partial charge on any atom is 0.275 e. The van der Waals surface area contributed by atoms with E-state index in [0.29, 0.717) is 16.1 Å². The molecular weight excluding hydrogens is 240 g/mol. The van der Waals surface area contributed by atoms with Gasteiger partial charge in [0, 0.05) is 11.1 Å². The van der Waals surface area contributed by atoms with Crippen molar-refractivity contribution >= 4 is 11.8 Å². The van der Waals surface area contributed by atoms with Crippen LogP contribution in [0.15, 0.2) is 54.6 Å². The maximum atomic E-state index is 12.1. The topological polar surface area (TPSA) is 63.4 Å². The predicted octanol–water partition coefficient (Wildman–Crippen LogP) is 2.15. The lowest BCUT2D eigenvalue weighted by Crippen LogP contribution is -2.42. The molecule has 2 N–H and O–H groups in total. The SMILES string of the molecule is Cc1ccc(C(=O)N(N)C(=O)c2ccccc2)cc1. The minimum atomic E-state index is -0.522. The Kier molecular flexibility index (Phi) is 3.73. The van der Waals surface area contributed by atoms with Gasteiger partial charge >= 0.3 is 0 Å². The van der Waals surface area contributed by atoms with Crippen LogP contribution in [0.1, 0.15) is 26.3 Å². The number of nitrogens with two attached hydrogens (primary N) is 1. The number of rotatable bonds is 2. The van der Waals surface area contributed by atoms with Crippen LogP contribution >= 0.6 is 0 Å². The number of hydrogen-bond acceptors (Lipinski definition) is 3. The summed E-state index contributed by atoms with van der Waals surface area (Å²) >= 11 is 0. The number of nitrogens with zero attached hydrogens (tertiary/aromatic N) is 1. The van der Waals surface area contributed by atoms with Crippen LogP contribution in [0.25, 0.3) is 0 Å². The summed E-state index contributed by atoms with van der Waals surface area (Å²) in [5.41, 5.74) is 1.80. The van der Waals surface area contributed by atoms with Crippen molar-refractivity contribution in [3.8, 4) is 0 Å². The van der Waals surface area contributed by atoms with Crippen molar-refractivity contribution in [1.29, 1.82) is 0 Å². The van der Waals surface area contributed by atoms with Crippen LogP contribution in [0.2, 0.25) is 0 Å². The second kappa shape index (κ2) is 5.46. The molecule has 4 nitrogen and oxygen atoms in total. The lowest BCUT2D eigenvalue weighted by molar-refractivity contribution is 0.0615. The van der Waals surface area contributed by atoms with Gasteiger partial charge in [-0.2, -0.15) is 0 Å². The first-order chi connectivity index (χ1) is 9.09. The highest BCUT2D eigenvalue weighted by atomic mass is 16.2. The number of benzene rings is 2. The Labute approximate surface area is 111 Å². The Morgan fingerprint density at radius 3 is 1.84 bits per heavy atom. The zero-order chi connectivity index (χ0) is 13.8. The summed E-state index contributed by atoms with van der Waals surface area (Å²) < 4.78 is 0. The monoisotopic (exact) mass is 254 g/mol. The molecule has 0 saturated heterocycles. The molecule has 0 bridgehead atoms. The fourth-order valence-electron chi connectivity index (χ4n) is 1.65. The molecule has 2 rings (SSSR count). The third kappa shape index (κ3) is 2.86. The number of carbonyl (C=O) groups is 2. The molecule has 4 heteroatoms. The molecule has 2 aromatic rings. The maximum absolute atomic E-state index is 12.1. The average molecular weight is 254 g/mol. The van der Waals surface area contributed by atoms with E-state index in [9.17, 15) is 9.59 Å². The second-order valence-corrected chi connectivity index (χ2v) is 4.21. The molecule has 0 heterocycles. The van der Waals surface area contributed by atoms with Crippen LogP contribution in [0, 0.1) is 6.92 Å². The van der Waals surface area contributed by atoms with Crippen LogP contribution in [-0.4, -0.2) is 16.8 Å². The van der Waals surface area contributed by atoms with Crippen molar-refractivity contribution in [2.24, 2.45) is 5.84 Å². The van der Waals surface area contributed by atoms with Gasteiger partial charge in [0.15, 0.2) is 0 Å². The molecule has 96 valence electrons. The number of carbonyl (C=O) groups excluding carboxylic acids is 2. The Balaban J connectivity index is 2.20. The van der Waals surface area contributed by atoms with E-state index in [1.807, 2.05) is 6.92 Å². The fourth-order valence-corrected chi connectivity index (χ4v) is 1.65. The highest BCUT2D eigenvalue weighted by molar-refractivity contribution is 6.09. The highest BCUT2D eigenvalue weighted by Gasteiger charge is 2.20. The molecule has 2 amide bonds. The van der Waals surface area contributed by atoms with Gasteiger partial charge in [-0.1, -0.05) is 35.9 Å². The van der Waals surface area contributed by atoms with Crippen molar-refractivity contribution in [3.63, 3.8) is 0 Å². The quantitative estimate of drug-likeness (QED) is 0.386. The molecule has 0 aliphatic carbocycles. The van der Waals surface area contributed by atoms with Gasteiger partial charge < -0.3 is 0 Å². The third-order valence-corrected chi connectivity index (χ3v) is 2.76. The lowest BCUT2D eigenvalue weighted by atomic mass is 10.1. The molecule has 0 radical (unpaired) electrons. The van der Waals surface area contributed by atoms with Gasteiger partial charge in [-0.05, 0) is 31.2 Å². The molecule has 2 aromatic carbocycles. The third-order valence-electron chi connectivity index (χ3n) is 2.76. The van der Waals surface area contributed by atoms with E-state index in [0.717, 1.165) is 5.56 Å². The molecule has 0 aliphatic heterocycles. The van der Waals surface area contributed by atoms with E-state index < -0.39 is 11.8 Å². The molecule has 0 atom stereocenters. The Morgan fingerprint density at radius 2 is 1.32 bits per heavy atom. The largest absolute Gasteiger partial charge is 0.275 e. The molecule has 0 aliphatic rings. The number of imide groups is 1. The van der Waals surface area contributed by atoms with Gasteiger partial charge in [-0.15, -0.1) is 0 Å². The molecule has 19 heavy (non-hydrogen) atoms. The number of aryl methyl sites for hydroxylation is 1. The second-order valence-electron chi connectivity index (χ2n) is 4.21. The first-order valence-electron chi connectivity index (χ1n) is 5.85. The van der Waals surface area contributed by atoms with Crippen LogP contribution in [0.4, 0.5) is 0 Å². The number of amides is 2. The van der Waals surface area contributed by atoms with E-state index in [1.165, 1.54) is 0 Å². The Bertz CT molecular complexity index is 591. The average Bonchev–Trinajstić information content (AvgIpc) is 2.46. The summed E-state index contributed by atoms with van der Waals surface area (Å²) in [7, 11) is 0. The first kappa shape index (κ1) is 13.0. The molecule has 0 spiro atoms. The van der Waals surface area contributed by atoms with Crippen LogP contribution in [-0.2, 0) is 0 Å². The van der Waals surface area contributed by atoms with Gasteiger partial charge in [-0.3, -0.25) is 9.59 Å². The van der Waals surface area contributed by atoms with Crippen LogP contribution in [0.5, 0.6) is 0 Å². The summed E-state index contributed by atoms with van der Waals surface area (Å²) in [6, 6.07) is 15.4. The summed E-state index contributed by atoms with van der Waals surface area (Å²) in [6.45, 7) is 1.92. The van der Waals surface area contributed by atoms with E-state index in [1.54, 1.807) is 54.6 Å². The zero-order valence-corrected chi connectivity index (χ0v) is 10.5. The van der Waals surface area contributed by atoms with Gasteiger partial charge in [0.25, 0.3) is 11.8 Å². The molecule has 0 fully saturated rings. The highest BCUT2D eigenvalue weighted by Crippen LogP contribution is 2.08. The van der Waals surface area contributed by atoms with Crippen molar-refractivity contribution < 1.29 is 9.59 Å². The molecule has 0 unspecified atom stereocenters. The molecule has 0 aromatic heterocycles. The fraction of sp³-hybridized carbons (Fsp3) is 0.0667. The van der Waals surface area contributed by atoms with Crippen molar-refractivity contribution in [1.82, 2.24) is 5.01 Å². The van der Waals surface area contributed by atoms with E-state index in [4.69, 9.17) is 5.84 Å². The normalized spacial score (nSPS) is 10.0. The Morgan fingerprint density at radius 1 is 0.842 bits per heavy atom. The summed E-state index contributed by atoms with van der Waals surface area (Å²) in [4.78, 5) is 24.1. The first-order valence-corrected chi connectivity index (χ1v) is 5.85. The number of hydrogen-bond donors (Lipinski definition) is 1. The summed E-state index contributed by atoms with van der Waals surface area (Å²) in [5.74, 6) is 4.56. The zero-order valence-electron chi connectivity index (χ0n) is 10.5. The van der Waals surface area contributed by atoms with E-state index in [2.05, 4.69) is 0 Å². The van der Waals surface area contributed by atoms with E-state index >= 15 is 0 Å². The van der Waals surface area contributed by atoms with Crippen LogP contribution in [0.3, 0.4) is 0 Å². The van der Waals surface area contributed by atoms with Crippen LogP contribution < -0.4 is 5.84 Å².